The van der Waals surface area contributed by atoms with Crippen LogP contribution in [0.25, 0.3) is 10.9 Å². The van der Waals surface area contributed by atoms with Gasteiger partial charge in [0.05, 0.1) is 0 Å². The van der Waals surface area contributed by atoms with Crippen molar-refractivity contribution in [1.82, 2.24) is 9.88 Å². The minimum Gasteiger partial charge on any atom is -0.361 e. The van der Waals surface area contributed by atoms with Gasteiger partial charge in [-0.1, -0.05) is 6.07 Å². The van der Waals surface area contributed by atoms with Crippen LogP contribution in [0.3, 0.4) is 0 Å². The molecule has 0 amide bonds. The van der Waals surface area contributed by atoms with Gasteiger partial charge in [-0.25, -0.2) is 0 Å². The maximum atomic E-state index is 11.6. The van der Waals surface area contributed by atoms with E-state index in [2.05, 4.69) is 16.0 Å². The molecule has 84 valence electrons. The number of hydrogen-bond acceptors (Lipinski definition) is 2. The number of rotatable bonds is 3. The summed E-state index contributed by atoms with van der Waals surface area (Å²) in [5, 5.41) is 0.777. The van der Waals surface area contributed by atoms with Crippen molar-refractivity contribution in [1.29, 1.82) is 0 Å². The largest absolute Gasteiger partial charge is 0.361 e. The van der Waals surface area contributed by atoms with Crippen LogP contribution in [0.15, 0.2) is 35.3 Å². The van der Waals surface area contributed by atoms with Crippen LogP contribution in [-0.2, 0) is 6.42 Å². The van der Waals surface area contributed by atoms with Gasteiger partial charge in [-0.05, 0) is 38.2 Å². The van der Waals surface area contributed by atoms with Gasteiger partial charge in [0, 0.05) is 29.7 Å². The Hall–Kier alpha value is -1.61. The molecular weight excluding hydrogens is 200 g/mol. The predicted molar refractivity (Wildman–Crippen MR) is 66.8 cm³/mol. The van der Waals surface area contributed by atoms with Crippen molar-refractivity contribution in [2.45, 2.75) is 6.42 Å². The van der Waals surface area contributed by atoms with E-state index in [9.17, 15) is 4.79 Å². The maximum absolute atomic E-state index is 11.6. The Morgan fingerprint density at radius 1 is 1.25 bits per heavy atom. The summed E-state index contributed by atoms with van der Waals surface area (Å²) < 4.78 is 0. The quantitative estimate of drug-likeness (QED) is 0.846. The molecule has 3 heteroatoms. The normalized spacial score (nSPS) is 11.2. The van der Waals surface area contributed by atoms with E-state index in [1.165, 1.54) is 5.56 Å². The van der Waals surface area contributed by atoms with Gasteiger partial charge in [0.15, 0.2) is 5.43 Å². The standard InChI is InChI=1S/C13H16N2O/c1-15(2)8-6-10-3-4-12-11(9-10)13(16)5-7-14-12/h3-5,7,9H,6,8H2,1-2H3,(H,14,16). The summed E-state index contributed by atoms with van der Waals surface area (Å²) >= 11 is 0. The lowest BCUT2D eigenvalue weighted by Gasteiger charge is -2.09. The fraction of sp³-hybridized carbons (Fsp3) is 0.308. The van der Waals surface area contributed by atoms with Gasteiger partial charge in [-0.2, -0.15) is 0 Å². The molecule has 0 saturated carbocycles. The zero-order chi connectivity index (χ0) is 11.5. The SMILES string of the molecule is CN(C)CCc1ccc2[nH]ccc(=O)c2c1. The molecule has 0 aliphatic carbocycles. The Kier molecular flexibility index (Phi) is 3.06. The molecule has 2 aromatic rings. The number of nitrogens with zero attached hydrogens (tertiary/aromatic N) is 1. The average molecular weight is 216 g/mol. The number of pyridine rings is 1. The van der Waals surface area contributed by atoms with Crippen LogP contribution in [0.4, 0.5) is 0 Å². The van der Waals surface area contributed by atoms with Crippen molar-refractivity contribution >= 4 is 10.9 Å². The number of nitrogens with one attached hydrogen (secondary N) is 1. The third-order valence-electron chi connectivity index (χ3n) is 2.67. The van der Waals surface area contributed by atoms with Gasteiger partial charge in [0.1, 0.15) is 0 Å². The van der Waals surface area contributed by atoms with E-state index < -0.39 is 0 Å². The number of hydrogen-bond donors (Lipinski definition) is 1. The van der Waals surface area contributed by atoms with E-state index in [0.29, 0.717) is 0 Å². The first-order valence-corrected chi connectivity index (χ1v) is 5.42. The highest BCUT2D eigenvalue weighted by molar-refractivity contribution is 5.78. The van der Waals surface area contributed by atoms with E-state index in [1.807, 2.05) is 26.2 Å². The van der Waals surface area contributed by atoms with E-state index in [1.54, 1.807) is 12.3 Å². The molecule has 0 fully saturated rings. The van der Waals surface area contributed by atoms with E-state index in [-0.39, 0.29) is 5.43 Å². The molecule has 0 aliphatic rings. The molecule has 1 heterocycles. The lowest BCUT2D eigenvalue weighted by atomic mass is 10.1. The summed E-state index contributed by atoms with van der Waals surface area (Å²) in [5.74, 6) is 0. The van der Waals surface area contributed by atoms with Crippen molar-refractivity contribution in [2.75, 3.05) is 20.6 Å². The molecular formula is C13H16N2O. The summed E-state index contributed by atoms with van der Waals surface area (Å²) in [6, 6.07) is 7.60. The molecule has 0 unspecified atom stereocenters. The Bertz CT molecular complexity index is 543. The number of fused-ring (bicyclic) bond motifs is 1. The Morgan fingerprint density at radius 2 is 2.06 bits per heavy atom. The Morgan fingerprint density at radius 3 is 2.81 bits per heavy atom. The molecule has 0 aliphatic heterocycles. The van der Waals surface area contributed by atoms with Gasteiger partial charge >= 0.3 is 0 Å². The molecule has 3 nitrogen and oxygen atoms in total. The van der Waals surface area contributed by atoms with Crippen LogP contribution >= 0.6 is 0 Å². The molecule has 0 bridgehead atoms. The smallest absolute Gasteiger partial charge is 0.189 e. The second kappa shape index (κ2) is 4.49. The van der Waals surface area contributed by atoms with E-state index in [0.717, 1.165) is 23.9 Å². The highest BCUT2D eigenvalue weighted by atomic mass is 16.1. The highest BCUT2D eigenvalue weighted by Crippen LogP contribution is 2.10. The fourth-order valence-corrected chi connectivity index (χ4v) is 1.73. The molecule has 0 radical (unpaired) electrons. The zero-order valence-corrected chi connectivity index (χ0v) is 9.66. The van der Waals surface area contributed by atoms with Gasteiger partial charge in [-0.15, -0.1) is 0 Å². The summed E-state index contributed by atoms with van der Waals surface area (Å²) in [4.78, 5) is 16.9. The minimum absolute atomic E-state index is 0.0838. The third kappa shape index (κ3) is 2.31. The monoisotopic (exact) mass is 216 g/mol. The first kappa shape index (κ1) is 10.9. The van der Waals surface area contributed by atoms with Crippen LogP contribution in [0, 0.1) is 0 Å². The molecule has 0 atom stereocenters. The summed E-state index contributed by atoms with van der Waals surface area (Å²) in [6.45, 7) is 0.996. The Balaban J connectivity index is 2.36. The molecule has 1 aromatic carbocycles. The zero-order valence-electron chi connectivity index (χ0n) is 9.66. The first-order chi connectivity index (χ1) is 7.66. The second-order valence-electron chi connectivity index (χ2n) is 4.28. The van der Waals surface area contributed by atoms with Crippen molar-refractivity contribution in [3.8, 4) is 0 Å². The molecule has 2 rings (SSSR count). The summed E-state index contributed by atoms with van der Waals surface area (Å²) in [7, 11) is 4.10. The first-order valence-electron chi connectivity index (χ1n) is 5.42. The topological polar surface area (TPSA) is 36.1 Å². The van der Waals surface area contributed by atoms with Crippen LogP contribution in [0.5, 0.6) is 0 Å². The second-order valence-corrected chi connectivity index (χ2v) is 4.28. The lowest BCUT2D eigenvalue weighted by molar-refractivity contribution is 0.414. The number of H-pyrrole nitrogens is 1. The van der Waals surface area contributed by atoms with Crippen molar-refractivity contribution in [3.63, 3.8) is 0 Å². The van der Waals surface area contributed by atoms with Crippen molar-refractivity contribution < 1.29 is 0 Å². The number of likely N-dealkylation sites (N-methyl/N-ethyl adjacent to an activating group) is 1. The van der Waals surface area contributed by atoms with E-state index in [4.69, 9.17) is 0 Å². The Labute approximate surface area is 94.7 Å². The third-order valence-corrected chi connectivity index (χ3v) is 2.67. The number of aromatic amines is 1. The summed E-state index contributed by atoms with van der Waals surface area (Å²) in [6.07, 6.45) is 2.65. The average Bonchev–Trinajstić information content (AvgIpc) is 2.27. The van der Waals surface area contributed by atoms with Crippen LogP contribution < -0.4 is 5.43 Å². The summed E-state index contributed by atoms with van der Waals surface area (Å²) in [5.41, 5.74) is 2.19. The molecule has 0 spiro atoms. The van der Waals surface area contributed by atoms with Gasteiger partial charge in [0.25, 0.3) is 0 Å². The van der Waals surface area contributed by atoms with Crippen molar-refractivity contribution in [2.24, 2.45) is 0 Å². The molecule has 16 heavy (non-hydrogen) atoms. The van der Waals surface area contributed by atoms with Gasteiger partial charge < -0.3 is 9.88 Å². The minimum atomic E-state index is 0.0838. The predicted octanol–water partition coefficient (Wildman–Crippen LogP) is 1.63. The molecule has 1 N–H and O–H groups in total. The number of aromatic nitrogens is 1. The van der Waals surface area contributed by atoms with Crippen molar-refractivity contribution in [3.05, 3.63) is 46.2 Å². The van der Waals surface area contributed by atoms with Crippen LogP contribution in [-0.4, -0.2) is 30.5 Å². The number of benzene rings is 1. The van der Waals surface area contributed by atoms with Gasteiger partial charge in [0.2, 0.25) is 0 Å². The fourth-order valence-electron chi connectivity index (χ4n) is 1.73. The lowest BCUT2D eigenvalue weighted by Crippen LogP contribution is -2.15. The molecule has 1 aromatic heterocycles. The van der Waals surface area contributed by atoms with Crippen LogP contribution in [0.1, 0.15) is 5.56 Å². The maximum Gasteiger partial charge on any atom is 0.189 e. The van der Waals surface area contributed by atoms with Crippen LogP contribution in [0.2, 0.25) is 0 Å². The van der Waals surface area contributed by atoms with Gasteiger partial charge in [-0.3, -0.25) is 4.79 Å². The highest BCUT2D eigenvalue weighted by Gasteiger charge is 2.00. The molecule has 0 saturated heterocycles. The van der Waals surface area contributed by atoms with E-state index >= 15 is 0 Å².